The SMILES string of the molecule is c1ccc(-c2ccccc2N(c2ccc3c(c2)C2(c4ccccc4-c4ccccc42)c2ccccc2-3)c2ccc3oc4c(-c5ccc6c7ccccc7c7ccccc7c6c5)c5ccccc5cc4c3c2)cc1. The highest BCUT2D eigenvalue weighted by Gasteiger charge is 2.51. The van der Waals surface area contributed by atoms with Crippen molar-refractivity contribution < 1.29 is 4.42 Å². The van der Waals surface area contributed by atoms with Gasteiger partial charge in [0.1, 0.15) is 11.2 Å². The summed E-state index contributed by atoms with van der Waals surface area (Å²) < 4.78 is 7.16. The van der Waals surface area contributed by atoms with Crippen LogP contribution in [0.2, 0.25) is 0 Å². The van der Waals surface area contributed by atoms with Crippen molar-refractivity contribution in [3.8, 4) is 44.5 Å². The van der Waals surface area contributed by atoms with Crippen molar-refractivity contribution in [1.82, 2.24) is 0 Å². The van der Waals surface area contributed by atoms with Gasteiger partial charge in [0.25, 0.3) is 0 Å². The predicted molar refractivity (Wildman–Crippen MR) is 306 cm³/mol. The van der Waals surface area contributed by atoms with E-state index in [4.69, 9.17) is 4.42 Å². The lowest BCUT2D eigenvalue weighted by molar-refractivity contribution is 0.670. The molecule has 13 aromatic carbocycles. The van der Waals surface area contributed by atoms with Gasteiger partial charge in [0, 0.05) is 33.3 Å². The fraction of sp³-hybridized carbons (Fsp3) is 0.0141. The maximum absolute atomic E-state index is 7.16. The zero-order valence-corrected chi connectivity index (χ0v) is 39.7. The average molecular weight is 926 g/mol. The number of nitrogens with zero attached hydrogens (tertiary/aromatic N) is 1. The maximum Gasteiger partial charge on any atom is 0.143 e. The fourth-order valence-electron chi connectivity index (χ4n) is 13.2. The molecule has 1 heterocycles. The normalized spacial score (nSPS) is 13.0. The number of hydrogen-bond donors (Lipinski definition) is 0. The first-order valence-corrected chi connectivity index (χ1v) is 25.3. The van der Waals surface area contributed by atoms with Crippen LogP contribution in [0.25, 0.3) is 110 Å². The lowest BCUT2D eigenvalue weighted by Gasteiger charge is -2.32. The molecule has 0 amide bonds. The van der Waals surface area contributed by atoms with Crippen molar-refractivity contribution in [1.29, 1.82) is 0 Å². The summed E-state index contributed by atoms with van der Waals surface area (Å²) in [5, 5.41) is 12.1. The Labute approximate surface area is 422 Å². The second kappa shape index (κ2) is 15.3. The Morgan fingerprint density at radius 3 is 1.47 bits per heavy atom. The summed E-state index contributed by atoms with van der Waals surface area (Å²) in [7, 11) is 0. The highest BCUT2D eigenvalue weighted by atomic mass is 16.3. The first-order chi connectivity index (χ1) is 36.2. The molecular formula is C71H43NO. The van der Waals surface area contributed by atoms with Crippen LogP contribution in [0.1, 0.15) is 22.3 Å². The molecule has 1 aromatic heterocycles. The summed E-state index contributed by atoms with van der Waals surface area (Å²) >= 11 is 0. The van der Waals surface area contributed by atoms with E-state index in [0.717, 1.165) is 61.3 Å². The Hall–Kier alpha value is -9.50. The summed E-state index contributed by atoms with van der Waals surface area (Å²) in [6.45, 7) is 0. The van der Waals surface area contributed by atoms with E-state index in [1.54, 1.807) is 0 Å². The molecule has 0 saturated heterocycles. The summed E-state index contributed by atoms with van der Waals surface area (Å²) in [6, 6.07) is 96.6. The molecule has 338 valence electrons. The molecule has 0 radical (unpaired) electrons. The third kappa shape index (κ3) is 5.58. The van der Waals surface area contributed by atoms with Gasteiger partial charge in [0.05, 0.1) is 11.1 Å². The van der Waals surface area contributed by atoms with Crippen LogP contribution in [0.5, 0.6) is 0 Å². The van der Waals surface area contributed by atoms with Gasteiger partial charge in [0.2, 0.25) is 0 Å². The minimum Gasteiger partial charge on any atom is -0.455 e. The predicted octanol–water partition coefficient (Wildman–Crippen LogP) is 19.3. The van der Waals surface area contributed by atoms with Crippen LogP contribution in [0.4, 0.5) is 17.1 Å². The topological polar surface area (TPSA) is 16.4 Å². The van der Waals surface area contributed by atoms with Gasteiger partial charge in [-0.15, -0.1) is 0 Å². The van der Waals surface area contributed by atoms with Crippen molar-refractivity contribution in [2.45, 2.75) is 5.41 Å². The Bertz CT molecular complexity index is 4540. The number of benzene rings is 13. The molecule has 2 nitrogen and oxygen atoms in total. The molecule has 0 bridgehead atoms. The molecule has 14 aromatic rings. The average Bonchev–Trinajstić information content (AvgIpc) is 4.10. The lowest BCUT2D eigenvalue weighted by atomic mass is 9.70. The van der Waals surface area contributed by atoms with Crippen molar-refractivity contribution in [3.05, 3.63) is 283 Å². The van der Waals surface area contributed by atoms with E-state index in [1.165, 1.54) is 87.6 Å². The van der Waals surface area contributed by atoms with Gasteiger partial charge in [0.15, 0.2) is 0 Å². The van der Waals surface area contributed by atoms with E-state index in [9.17, 15) is 0 Å². The van der Waals surface area contributed by atoms with Crippen LogP contribution in [0, 0.1) is 0 Å². The molecule has 0 saturated carbocycles. The van der Waals surface area contributed by atoms with Gasteiger partial charge in [-0.3, -0.25) is 0 Å². The molecular weight excluding hydrogens is 883 g/mol. The molecule has 2 heteroatoms. The molecule has 0 N–H and O–H groups in total. The molecule has 0 atom stereocenters. The largest absolute Gasteiger partial charge is 0.455 e. The van der Waals surface area contributed by atoms with Crippen LogP contribution in [0.3, 0.4) is 0 Å². The molecule has 73 heavy (non-hydrogen) atoms. The highest BCUT2D eigenvalue weighted by molar-refractivity contribution is 6.27. The van der Waals surface area contributed by atoms with Crippen molar-refractivity contribution >= 4 is 82.1 Å². The van der Waals surface area contributed by atoms with Crippen LogP contribution in [0.15, 0.2) is 265 Å². The van der Waals surface area contributed by atoms with Crippen molar-refractivity contribution in [3.63, 3.8) is 0 Å². The Morgan fingerprint density at radius 1 is 0.288 bits per heavy atom. The van der Waals surface area contributed by atoms with Gasteiger partial charge < -0.3 is 9.32 Å². The van der Waals surface area contributed by atoms with E-state index in [1.807, 2.05) is 0 Å². The van der Waals surface area contributed by atoms with Crippen LogP contribution >= 0.6 is 0 Å². The lowest BCUT2D eigenvalue weighted by Crippen LogP contribution is -2.26. The summed E-state index contributed by atoms with van der Waals surface area (Å²) in [5.41, 5.74) is 19.5. The number of rotatable bonds is 5. The zero-order chi connectivity index (χ0) is 47.8. The van der Waals surface area contributed by atoms with Crippen LogP contribution < -0.4 is 4.90 Å². The standard InChI is InChI=1S/C71H43NO/c1-2-18-44(19-3-1)49-21-13-17-33-67(49)72(48-35-38-59-58-29-12-16-32-65(58)71(66(59)43-48)63-30-14-10-27-56(63)57-28-11-15-31-64(57)71)47-36-39-68-61(42-47)62-40-45-20-4-5-22-50(45)69(70(62)73-68)46-34-37-55-53-25-7-6-23-51(53)52-24-8-9-26-54(52)60(55)41-46/h1-43H. The first-order valence-electron chi connectivity index (χ1n) is 25.3. The number of para-hydroxylation sites is 1. The molecule has 0 aliphatic heterocycles. The highest BCUT2D eigenvalue weighted by Crippen LogP contribution is 2.63. The smallest absolute Gasteiger partial charge is 0.143 e. The van der Waals surface area contributed by atoms with E-state index in [2.05, 4.69) is 266 Å². The zero-order valence-electron chi connectivity index (χ0n) is 39.7. The third-order valence-corrected chi connectivity index (χ3v) is 16.2. The summed E-state index contributed by atoms with van der Waals surface area (Å²) in [4.78, 5) is 2.48. The van der Waals surface area contributed by atoms with Gasteiger partial charge in [-0.05, 0) is 147 Å². The minimum atomic E-state index is -0.482. The Morgan fingerprint density at radius 2 is 0.795 bits per heavy atom. The summed E-state index contributed by atoms with van der Waals surface area (Å²) in [6.07, 6.45) is 0. The van der Waals surface area contributed by atoms with Gasteiger partial charge in [-0.2, -0.15) is 0 Å². The second-order valence-electron chi connectivity index (χ2n) is 19.8. The van der Waals surface area contributed by atoms with Crippen LogP contribution in [-0.4, -0.2) is 0 Å². The van der Waals surface area contributed by atoms with Gasteiger partial charge in [-0.1, -0.05) is 212 Å². The van der Waals surface area contributed by atoms with Crippen molar-refractivity contribution in [2.24, 2.45) is 0 Å². The maximum atomic E-state index is 7.16. The third-order valence-electron chi connectivity index (χ3n) is 16.2. The molecule has 2 aliphatic rings. The van der Waals surface area contributed by atoms with Crippen LogP contribution in [-0.2, 0) is 5.41 Å². The van der Waals surface area contributed by atoms with E-state index in [0.29, 0.717) is 0 Å². The van der Waals surface area contributed by atoms with Gasteiger partial charge >= 0.3 is 0 Å². The quantitative estimate of drug-likeness (QED) is 0.160. The van der Waals surface area contributed by atoms with E-state index in [-0.39, 0.29) is 0 Å². The first kappa shape index (κ1) is 40.3. The van der Waals surface area contributed by atoms with Crippen molar-refractivity contribution in [2.75, 3.05) is 4.90 Å². The number of hydrogen-bond acceptors (Lipinski definition) is 2. The molecule has 2 aliphatic carbocycles. The van der Waals surface area contributed by atoms with E-state index < -0.39 is 5.41 Å². The Balaban J connectivity index is 0.948. The van der Waals surface area contributed by atoms with Gasteiger partial charge in [-0.25, -0.2) is 0 Å². The fourth-order valence-corrected chi connectivity index (χ4v) is 13.2. The minimum absolute atomic E-state index is 0.482. The second-order valence-corrected chi connectivity index (χ2v) is 19.8. The number of furan rings is 1. The molecule has 16 rings (SSSR count). The molecule has 0 unspecified atom stereocenters. The number of fused-ring (bicyclic) bond motifs is 20. The van der Waals surface area contributed by atoms with E-state index >= 15 is 0 Å². The number of anilines is 3. The summed E-state index contributed by atoms with van der Waals surface area (Å²) in [5.74, 6) is 0. The monoisotopic (exact) mass is 925 g/mol. The molecule has 0 fully saturated rings. The molecule has 1 spiro atoms. The Kier molecular flexibility index (Phi) is 8.41.